The Hall–Kier alpha value is -1.56. The van der Waals surface area contributed by atoms with Crippen molar-refractivity contribution < 1.29 is 26.3 Å². The van der Waals surface area contributed by atoms with Crippen LogP contribution in [0.4, 0.5) is 13.2 Å². The Morgan fingerprint density at radius 1 is 1.19 bits per heavy atom. The molecule has 3 N–H and O–H groups in total. The second-order valence-corrected chi connectivity index (χ2v) is 10.3. The molecule has 2 aliphatic heterocycles. The Balaban J connectivity index is 1.83. The van der Waals surface area contributed by atoms with Crippen LogP contribution in [0.15, 0.2) is 41.3 Å². The quantitative estimate of drug-likeness (QED) is 0.619. The van der Waals surface area contributed by atoms with Gasteiger partial charge in [-0.1, -0.05) is 29.3 Å². The van der Waals surface area contributed by atoms with Crippen LogP contribution < -0.4 is 15.2 Å². The Bertz CT molecular complexity index is 1130. The molecule has 6 nitrogen and oxygen atoms in total. The number of nitrogens with zero attached hydrogens (tertiary/aromatic N) is 1. The van der Waals surface area contributed by atoms with E-state index in [1.807, 2.05) is 0 Å². The van der Waals surface area contributed by atoms with Crippen molar-refractivity contribution >= 4 is 33.2 Å². The molecule has 0 amide bonds. The molecule has 174 valence electrons. The first kappa shape index (κ1) is 23.6. The average Bonchev–Trinajstić information content (AvgIpc) is 3.29. The third kappa shape index (κ3) is 5.16. The fraction of sp³-hybridized carbons (Fsp3) is 0.400. The van der Waals surface area contributed by atoms with Gasteiger partial charge in [-0.15, -0.1) is 13.2 Å². The number of halogens is 5. The lowest BCUT2D eigenvalue weighted by Gasteiger charge is -2.32. The molecule has 2 saturated heterocycles. The van der Waals surface area contributed by atoms with Gasteiger partial charge < -0.3 is 10.1 Å². The molecule has 0 saturated carbocycles. The molecule has 12 heteroatoms. The van der Waals surface area contributed by atoms with Gasteiger partial charge >= 0.3 is 6.36 Å². The van der Waals surface area contributed by atoms with Gasteiger partial charge in [-0.25, -0.2) is 13.6 Å². The van der Waals surface area contributed by atoms with E-state index in [0.29, 0.717) is 23.2 Å². The lowest BCUT2D eigenvalue weighted by molar-refractivity contribution is -0.274. The van der Waals surface area contributed by atoms with Crippen molar-refractivity contribution in [2.24, 2.45) is 5.14 Å². The summed E-state index contributed by atoms with van der Waals surface area (Å²) in [4.78, 5) is 1.92. The fourth-order valence-electron chi connectivity index (χ4n) is 4.47. The van der Waals surface area contributed by atoms with E-state index in [9.17, 15) is 21.6 Å². The van der Waals surface area contributed by atoms with Crippen LogP contribution in [0.25, 0.3) is 0 Å². The van der Waals surface area contributed by atoms with Crippen molar-refractivity contribution in [1.29, 1.82) is 0 Å². The molecular formula is C20H20Cl2F3N3O3S. The van der Waals surface area contributed by atoms with Crippen LogP contribution in [0.1, 0.15) is 23.5 Å². The van der Waals surface area contributed by atoms with E-state index in [2.05, 4.69) is 15.0 Å². The number of sulfonamides is 1. The number of primary sulfonamides is 1. The Kier molecular flexibility index (Phi) is 6.38. The molecule has 2 bridgehead atoms. The highest BCUT2D eigenvalue weighted by Gasteiger charge is 2.39. The van der Waals surface area contributed by atoms with Crippen LogP contribution in [0.5, 0.6) is 5.75 Å². The standard InChI is InChI=1S/C20H20Cl2F3N3O3S/c21-17-3-1-11(5-18(17)22)16(10-28-9-12-6-13(28)8-27-12)15-7-14(31-20(23,24)25)2-4-19(15)32(26,29)30/h1-5,7,12-13,16,27H,6,8-10H2,(H2,26,29,30)/t12-,13-,16-/m1/s1. The number of nitrogens with one attached hydrogen (secondary N) is 1. The fourth-order valence-corrected chi connectivity index (χ4v) is 5.57. The molecular weight excluding hydrogens is 490 g/mol. The molecule has 2 aromatic carbocycles. The van der Waals surface area contributed by atoms with Crippen molar-refractivity contribution in [3.05, 3.63) is 57.6 Å². The lowest BCUT2D eigenvalue weighted by atomic mass is 9.90. The molecule has 3 atom stereocenters. The molecule has 4 rings (SSSR count). The number of hydrogen-bond donors (Lipinski definition) is 2. The normalized spacial score (nSPS) is 22.3. The number of hydrogen-bond acceptors (Lipinski definition) is 5. The van der Waals surface area contributed by atoms with Gasteiger partial charge in [0.1, 0.15) is 5.75 Å². The first-order chi connectivity index (χ1) is 14.9. The summed E-state index contributed by atoms with van der Waals surface area (Å²) < 4.78 is 67.2. The Morgan fingerprint density at radius 3 is 2.50 bits per heavy atom. The third-order valence-corrected chi connectivity index (χ3v) is 7.55. The van der Waals surface area contributed by atoms with Gasteiger partial charge in [0.25, 0.3) is 0 Å². The Morgan fingerprint density at radius 2 is 1.94 bits per heavy atom. The maximum absolute atomic E-state index is 12.8. The van der Waals surface area contributed by atoms with Gasteiger partial charge in [0, 0.05) is 37.6 Å². The summed E-state index contributed by atoms with van der Waals surface area (Å²) in [5.41, 5.74) is 0.701. The minimum atomic E-state index is -4.93. The lowest BCUT2D eigenvalue weighted by Crippen LogP contribution is -2.45. The van der Waals surface area contributed by atoms with Crippen LogP contribution in [0.2, 0.25) is 10.0 Å². The maximum atomic E-state index is 12.8. The molecule has 2 fully saturated rings. The third-order valence-electron chi connectivity index (χ3n) is 5.83. The minimum absolute atomic E-state index is 0.100. The van der Waals surface area contributed by atoms with Crippen molar-refractivity contribution in [2.75, 3.05) is 19.6 Å². The number of likely N-dealkylation sites (tertiary alicyclic amines) is 1. The number of nitrogens with two attached hydrogens (primary N) is 1. The molecule has 0 spiro atoms. The number of alkyl halides is 3. The van der Waals surface area contributed by atoms with Crippen molar-refractivity contribution in [3.63, 3.8) is 0 Å². The molecule has 0 aliphatic carbocycles. The van der Waals surface area contributed by atoms with Crippen molar-refractivity contribution in [2.45, 2.75) is 35.7 Å². The van der Waals surface area contributed by atoms with Crippen molar-refractivity contribution in [3.8, 4) is 5.75 Å². The first-order valence-corrected chi connectivity index (χ1v) is 12.1. The van der Waals surface area contributed by atoms with E-state index in [1.54, 1.807) is 18.2 Å². The molecule has 2 aromatic rings. The molecule has 32 heavy (non-hydrogen) atoms. The highest BCUT2D eigenvalue weighted by atomic mass is 35.5. The van der Waals surface area contributed by atoms with Crippen LogP contribution in [0, 0.1) is 0 Å². The van der Waals surface area contributed by atoms with E-state index in [1.165, 1.54) is 0 Å². The zero-order valence-corrected chi connectivity index (χ0v) is 18.9. The van der Waals surface area contributed by atoms with Crippen LogP contribution in [-0.4, -0.2) is 51.4 Å². The summed E-state index contributed by atoms with van der Waals surface area (Å²) >= 11 is 12.2. The highest BCUT2D eigenvalue weighted by molar-refractivity contribution is 7.89. The summed E-state index contributed by atoms with van der Waals surface area (Å²) in [6.07, 6.45) is -3.98. The number of piperazine rings is 1. The van der Waals surface area contributed by atoms with E-state index in [-0.39, 0.29) is 21.5 Å². The highest BCUT2D eigenvalue weighted by Crippen LogP contribution is 2.38. The van der Waals surface area contributed by atoms with Gasteiger partial charge in [0.15, 0.2) is 0 Å². The van der Waals surface area contributed by atoms with Crippen LogP contribution in [-0.2, 0) is 10.0 Å². The molecule has 2 heterocycles. The Labute approximate surface area is 193 Å². The number of benzene rings is 2. The van der Waals surface area contributed by atoms with E-state index in [0.717, 1.165) is 37.7 Å². The zero-order valence-electron chi connectivity index (χ0n) is 16.6. The van der Waals surface area contributed by atoms with Crippen LogP contribution >= 0.6 is 23.2 Å². The number of ether oxygens (including phenoxy) is 1. The second-order valence-electron chi connectivity index (χ2n) is 7.97. The molecule has 0 aromatic heterocycles. The molecule has 0 radical (unpaired) electrons. The summed E-state index contributed by atoms with van der Waals surface area (Å²) in [6.45, 7) is 1.89. The maximum Gasteiger partial charge on any atom is 0.573 e. The molecule has 0 unspecified atom stereocenters. The monoisotopic (exact) mass is 509 g/mol. The first-order valence-electron chi connectivity index (χ1n) is 9.75. The number of rotatable bonds is 6. The zero-order chi connectivity index (χ0) is 23.3. The number of fused-ring (bicyclic) bond motifs is 2. The topological polar surface area (TPSA) is 84.7 Å². The predicted octanol–water partition coefficient (Wildman–Crippen LogP) is 3.72. The van der Waals surface area contributed by atoms with Gasteiger partial charge in [-0.05, 0) is 47.9 Å². The summed E-state index contributed by atoms with van der Waals surface area (Å²) in [6, 6.07) is 8.45. The predicted molar refractivity (Wildman–Crippen MR) is 115 cm³/mol. The van der Waals surface area contributed by atoms with Gasteiger partial charge in [0.2, 0.25) is 10.0 Å². The van der Waals surface area contributed by atoms with Crippen molar-refractivity contribution in [1.82, 2.24) is 10.2 Å². The van der Waals surface area contributed by atoms with E-state index >= 15 is 0 Å². The van der Waals surface area contributed by atoms with E-state index in [4.69, 9.17) is 28.3 Å². The summed E-state index contributed by atoms with van der Waals surface area (Å²) in [7, 11) is -4.24. The largest absolute Gasteiger partial charge is 0.573 e. The second kappa shape index (κ2) is 8.66. The molecule has 2 aliphatic rings. The average molecular weight is 510 g/mol. The van der Waals surface area contributed by atoms with Gasteiger partial charge in [-0.3, -0.25) is 4.90 Å². The van der Waals surface area contributed by atoms with Gasteiger partial charge in [0.05, 0.1) is 14.9 Å². The summed E-state index contributed by atoms with van der Waals surface area (Å²) in [5.74, 6) is -1.18. The van der Waals surface area contributed by atoms with Crippen LogP contribution in [0.3, 0.4) is 0 Å². The summed E-state index contributed by atoms with van der Waals surface area (Å²) in [5, 5.41) is 9.35. The SMILES string of the molecule is NS(=O)(=O)c1ccc(OC(F)(F)F)cc1[C@H](CN1C[C@H]2C[C@@H]1CN2)c1ccc(Cl)c(Cl)c1. The smallest absolute Gasteiger partial charge is 0.406 e. The van der Waals surface area contributed by atoms with Gasteiger partial charge in [-0.2, -0.15) is 0 Å². The minimum Gasteiger partial charge on any atom is -0.406 e. The van der Waals surface area contributed by atoms with E-state index < -0.39 is 28.1 Å².